The molecule has 4 nitrogen and oxygen atoms in total. The van der Waals surface area contributed by atoms with Crippen LogP contribution < -0.4 is 5.32 Å². The number of thiazole rings is 1. The molecule has 0 spiro atoms. The minimum atomic E-state index is 0.579. The van der Waals surface area contributed by atoms with Crippen LogP contribution in [0.1, 0.15) is 32.2 Å². The zero-order valence-corrected chi connectivity index (χ0v) is 12.7. The van der Waals surface area contributed by atoms with Gasteiger partial charge in [0.2, 0.25) is 0 Å². The Kier molecular flexibility index (Phi) is 4.47. The molecular weight excluding hydrogens is 256 g/mol. The Morgan fingerprint density at radius 1 is 1.26 bits per heavy atom. The molecule has 0 saturated heterocycles. The van der Waals surface area contributed by atoms with E-state index in [-0.39, 0.29) is 0 Å². The van der Waals surface area contributed by atoms with Crippen LogP contribution in [0.25, 0.3) is 10.8 Å². The fourth-order valence-corrected chi connectivity index (χ4v) is 2.57. The first-order valence-electron chi connectivity index (χ1n) is 6.62. The molecular formula is C14H20N4S. The van der Waals surface area contributed by atoms with Gasteiger partial charge in [-0.25, -0.2) is 15.0 Å². The van der Waals surface area contributed by atoms with Crippen LogP contribution in [0.4, 0.5) is 5.82 Å². The van der Waals surface area contributed by atoms with Gasteiger partial charge in [0, 0.05) is 29.4 Å². The molecule has 0 atom stereocenters. The van der Waals surface area contributed by atoms with Crippen molar-refractivity contribution < 1.29 is 0 Å². The monoisotopic (exact) mass is 276 g/mol. The lowest BCUT2D eigenvalue weighted by atomic mass is 10.1. The number of nitrogens with one attached hydrogen (secondary N) is 1. The van der Waals surface area contributed by atoms with Crippen molar-refractivity contribution in [1.82, 2.24) is 15.0 Å². The third-order valence-corrected chi connectivity index (χ3v) is 3.52. The summed E-state index contributed by atoms with van der Waals surface area (Å²) >= 11 is 1.59. The van der Waals surface area contributed by atoms with Gasteiger partial charge in [0.1, 0.15) is 5.82 Å². The molecule has 0 aliphatic rings. The third-order valence-electron chi connectivity index (χ3n) is 2.56. The Morgan fingerprint density at radius 2 is 2.05 bits per heavy atom. The lowest BCUT2D eigenvalue weighted by Crippen LogP contribution is -2.06. The zero-order chi connectivity index (χ0) is 13.8. The van der Waals surface area contributed by atoms with Crippen LogP contribution in [0.5, 0.6) is 0 Å². The molecule has 0 aliphatic carbocycles. The summed E-state index contributed by atoms with van der Waals surface area (Å²) in [5.41, 5.74) is 2.09. The van der Waals surface area contributed by atoms with Gasteiger partial charge in [-0.2, -0.15) is 0 Å². The first-order chi connectivity index (χ1) is 9.08. The second-order valence-corrected chi connectivity index (χ2v) is 5.85. The largest absolute Gasteiger partial charge is 0.370 e. The Balaban J connectivity index is 2.38. The maximum absolute atomic E-state index is 4.64. The van der Waals surface area contributed by atoms with Crippen LogP contribution in [0.2, 0.25) is 0 Å². The molecule has 5 heteroatoms. The summed E-state index contributed by atoms with van der Waals surface area (Å²) in [5.74, 6) is 2.19. The van der Waals surface area contributed by atoms with Gasteiger partial charge in [0.25, 0.3) is 0 Å². The second-order valence-electron chi connectivity index (χ2n) is 4.99. The number of aromatic nitrogens is 3. The van der Waals surface area contributed by atoms with E-state index in [1.807, 2.05) is 18.4 Å². The van der Waals surface area contributed by atoms with Crippen molar-refractivity contribution in [3.8, 4) is 10.8 Å². The number of aryl methyl sites for hydroxylation is 1. The minimum absolute atomic E-state index is 0.579. The van der Waals surface area contributed by atoms with Crippen LogP contribution in [0.3, 0.4) is 0 Å². The van der Waals surface area contributed by atoms with Gasteiger partial charge < -0.3 is 5.32 Å². The fourth-order valence-electron chi connectivity index (χ4n) is 1.84. The molecule has 0 unspecified atom stereocenters. The van der Waals surface area contributed by atoms with Crippen molar-refractivity contribution in [2.24, 2.45) is 5.92 Å². The Labute approximate surface area is 118 Å². The first kappa shape index (κ1) is 13.9. The summed E-state index contributed by atoms with van der Waals surface area (Å²) in [4.78, 5) is 13.6. The molecule has 0 aromatic carbocycles. The van der Waals surface area contributed by atoms with E-state index in [4.69, 9.17) is 0 Å². The van der Waals surface area contributed by atoms with Crippen LogP contribution in [0, 0.1) is 12.8 Å². The number of rotatable bonds is 5. The predicted molar refractivity (Wildman–Crippen MR) is 80.6 cm³/mol. The number of nitrogens with zero attached hydrogens (tertiary/aromatic N) is 3. The standard InChI is InChI=1S/C14H20N4S/c1-5-15-12-7-11(6-9(2)3)17-13(18-12)14-16-10(4)8-19-14/h7-9H,5-6H2,1-4H3,(H,15,17,18). The average Bonchev–Trinajstić information content (AvgIpc) is 2.75. The van der Waals surface area contributed by atoms with Crippen molar-refractivity contribution >= 4 is 17.2 Å². The average molecular weight is 276 g/mol. The number of hydrogen-bond donors (Lipinski definition) is 1. The van der Waals surface area contributed by atoms with Gasteiger partial charge in [-0.15, -0.1) is 11.3 Å². The van der Waals surface area contributed by atoms with Crippen molar-refractivity contribution in [3.63, 3.8) is 0 Å². The number of anilines is 1. The van der Waals surface area contributed by atoms with Gasteiger partial charge in [0.15, 0.2) is 10.8 Å². The molecule has 1 N–H and O–H groups in total. The Hall–Kier alpha value is -1.49. The lowest BCUT2D eigenvalue weighted by Gasteiger charge is -2.09. The molecule has 2 rings (SSSR count). The highest BCUT2D eigenvalue weighted by Gasteiger charge is 2.10. The highest BCUT2D eigenvalue weighted by atomic mass is 32.1. The van der Waals surface area contributed by atoms with Crippen LogP contribution in [0.15, 0.2) is 11.4 Å². The first-order valence-corrected chi connectivity index (χ1v) is 7.50. The summed E-state index contributed by atoms with van der Waals surface area (Å²) in [5, 5.41) is 6.18. The van der Waals surface area contributed by atoms with Gasteiger partial charge in [0.05, 0.1) is 0 Å². The molecule has 2 aromatic rings. The maximum atomic E-state index is 4.64. The summed E-state index contributed by atoms with van der Waals surface area (Å²) in [6.07, 6.45) is 0.957. The smallest absolute Gasteiger partial charge is 0.190 e. The van der Waals surface area contributed by atoms with E-state index < -0.39 is 0 Å². The van der Waals surface area contributed by atoms with E-state index in [1.54, 1.807) is 11.3 Å². The molecule has 0 radical (unpaired) electrons. The third kappa shape index (κ3) is 3.73. The van der Waals surface area contributed by atoms with Crippen LogP contribution in [-0.4, -0.2) is 21.5 Å². The van der Waals surface area contributed by atoms with Gasteiger partial charge >= 0.3 is 0 Å². The fraction of sp³-hybridized carbons (Fsp3) is 0.500. The topological polar surface area (TPSA) is 50.7 Å². The normalized spacial score (nSPS) is 11.0. The van der Waals surface area contributed by atoms with Crippen molar-refractivity contribution in [1.29, 1.82) is 0 Å². The van der Waals surface area contributed by atoms with Gasteiger partial charge in [-0.1, -0.05) is 13.8 Å². The van der Waals surface area contributed by atoms with E-state index >= 15 is 0 Å². The van der Waals surface area contributed by atoms with E-state index in [1.165, 1.54) is 0 Å². The molecule has 0 fully saturated rings. The molecule has 2 aromatic heterocycles. The van der Waals surface area contributed by atoms with Crippen molar-refractivity contribution in [3.05, 3.63) is 22.8 Å². The SMILES string of the molecule is CCNc1cc(CC(C)C)nc(-c2nc(C)cs2)n1. The molecule has 19 heavy (non-hydrogen) atoms. The molecule has 102 valence electrons. The Bertz CT molecular complexity index is 548. The van der Waals surface area contributed by atoms with E-state index in [0.717, 1.165) is 41.0 Å². The van der Waals surface area contributed by atoms with Crippen LogP contribution in [-0.2, 0) is 6.42 Å². The molecule has 0 bridgehead atoms. The molecule has 2 heterocycles. The summed E-state index contributed by atoms with van der Waals surface area (Å²) in [6.45, 7) is 9.31. The van der Waals surface area contributed by atoms with Crippen molar-refractivity contribution in [2.45, 2.75) is 34.1 Å². The molecule has 0 amide bonds. The highest BCUT2D eigenvalue weighted by molar-refractivity contribution is 7.13. The van der Waals surface area contributed by atoms with Crippen molar-refractivity contribution in [2.75, 3.05) is 11.9 Å². The highest BCUT2D eigenvalue weighted by Crippen LogP contribution is 2.22. The quantitative estimate of drug-likeness (QED) is 0.907. The van der Waals surface area contributed by atoms with E-state index in [9.17, 15) is 0 Å². The summed E-state index contributed by atoms with van der Waals surface area (Å²) in [7, 11) is 0. The minimum Gasteiger partial charge on any atom is -0.370 e. The van der Waals surface area contributed by atoms with E-state index in [2.05, 4.69) is 41.0 Å². The number of hydrogen-bond acceptors (Lipinski definition) is 5. The van der Waals surface area contributed by atoms with Gasteiger partial charge in [-0.3, -0.25) is 0 Å². The molecule has 0 aliphatic heterocycles. The maximum Gasteiger partial charge on any atom is 0.190 e. The second kappa shape index (κ2) is 6.10. The summed E-state index contributed by atoms with van der Waals surface area (Å²) in [6, 6.07) is 2.04. The zero-order valence-electron chi connectivity index (χ0n) is 11.9. The summed E-state index contributed by atoms with van der Waals surface area (Å²) < 4.78 is 0. The van der Waals surface area contributed by atoms with Gasteiger partial charge in [-0.05, 0) is 26.2 Å². The lowest BCUT2D eigenvalue weighted by molar-refractivity contribution is 0.635. The Morgan fingerprint density at radius 3 is 2.63 bits per heavy atom. The van der Waals surface area contributed by atoms with Crippen LogP contribution >= 0.6 is 11.3 Å². The van der Waals surface area contributed by atoms with E-state index in [0.29, 0.717) is 5.92 Å². The molecule has 0 saturated carbocycles. The predicted octanol–water partition coefficient (Wildman–Crippen LogP) is 3.54.